The van der Waals surface area contributed by atoms with Crippen LogP contribution >= 0.6 is 11.3 Å². The first kappa shape index (κ1) is 23.5. The third-order valence-electron chi connectivity index (χ3n) is 5.97. The Morgan fingerprint density at radius 2 is 2.12 bits per heavy atom. The van der Waals surface area contributed by atoms with Crippen LogP contribution in [0, 0.1) is 0 Å². The number of nitrogens with one attached hydrogen (secondary N) is 1. The molecule has 184 valence electrons. The number of pyridine rings is 1. The lowest BCUT2D eigenvalue weighted by Crippen LogP contribution is -2.48. The molecule has 0 unspecified atom stereocenters. The van der Waals surface area contributed by atoms with E-state index < -0.39 is 33.1 Å². The molecule has 4 heterocycles. The van der Waals surface area contributed by atoms with E-state index in [1.165, 1.54) is 12.4 Å². The number of anilines is 1. The van der Waals surface area contributed by atoms with Crippen LogP contribution in [0.4, 0.5) is 14.5 Å². The summed E-state index contributed by atoms with van der Waals surface area (Å²) >= 11 is 0.728. The second-order valence-corrected chi connectivity index (χ2v) is 11.7. The molecule has 2 aliphatic rings. The van der Waals surface area contributed by atoms with Crippen LogP contribution in [0.5, 0.6) is 0 Å². The zero-order valence-corrected chi connectivity index (χ0v) is 20.1. The number of imidazole rings is 1. The zero-order valence-electron chi connectivity index (χ0n) is 18.5. The van der Waals surface area contributed by atoms with E-state index in [-0.39, 0.29) is 22.6 Å². The molecule has 2 N–H and O–H groups in total. The Morgan fingerprint density at radius 3 is 2.76 bits per heavy atom. The number of sulfonamides is 1. The van der Waals surface area contributed by atoms with Gasteiger partial charge in [0.1, 0.15) is 10.6 Å². The Bertz CT molecular complexity index is 1320. The number of hydrogen-bond acceptors (Lipinski definition) is 9. The summed E-state index contributed by atoms with van der Waals surface area (Å²) in [6.07, 6.45) is 0.973. The SMILES string of the molecule is C[C@@H]1CN(c2cc(S(=O)(=O)NC3(C)CC3)cn3c(-c4nnc(C(F)F)s4)cnc23)C[C@@H](CO)O1. The maximum Gasteiger partial charge on any atom is 0.291 e. The molecule has 1 saturated carbocycles. The van der Waals surface area contributed by atoms with Crippen molar-refractivity contribution in [3.05, 3.63) is 23.5 Å². The third kappa shape index (κ3) is 4.40. The van der Waals surface area contributed by atoms with Crippen molar-refractivity contribution in [1.82, 2.24) is 24.3 Å². The number of aromatic nitrogens is 4. The molecule has 10 nitrogen and oxygen atoms in total. The van der Waals surface area contributed by atoms with Crippen LogP contribution in [0.25, 0.3) is 16.3 Å². The average Bonchev–Trinajstić information content (AvgIpc) is 3.18. The van der Waals surface area contributed by atoms with E-state index in [9.17, 15) is 22.3 Å². The molecule has 0 bridgehead atoms. The number of hydrogen-bond donors (Lipinski definition) is 2. The van der Waals surface area contributed by atoms with E-state index in [1.807, 2.05) is 18.7 Å². The second-order valence-electron chi connectivity index (χ2n) is 8.97. The topological polar surface area (TPSA) is 122 Å². The Kier molecular flexibility index (Phi) is 5.83. The molecule has 34 heavy (non-hydrogen) atoms. The van der Waals surface area contributed by atoms with Crippen LogP contribution in [0.1, 0.15) is 38.1 Å². The standard InChI is InChI=1S/C20H24F2N6O4S2/c1-11-7-27(8-12(10-29)32-11)14-5-13(34(30,31)26-20(2)3-4-20)9-28-15(6-23-17(14)28)18-24-25-19(33-18)16(21)22/h5-6,9,11-12,16,26,29H,3-4,7-8,10H2,1-2H3/t11-,12+/m1/s1. The van der Waals surface area contributed by atoms with Crippen molar-refractivity contribution in [2.45, 2.75) is 55.8 Å². The zero-order chi connectivity index (χ0) is 24.3. The van der Waals surface area contributed by atoms with E-state index in [0.29, 0.717) is 30.1 Å². The summed E-state index contributed by atoms with van der Waals surface area (Å²) in [5, 5.41) is 16.8. The highest BCUT2D eigenvalue weighted by molar-refractivity contribution is 7.89. The van der Waals surface area contributed by atoms with Gasteiger partial charge in [0.05, 0.1) is 30.7 Å². The Morgan fingerprint density at radius 1 is 1.35 bits per heavy atom. The van der Waals surface area contributed by atoms with Crippen LogP contribution in [0.15, 0.2) is 23.4 Å². The van der Waals surface area contributed by atoms with Gasteiger partial charge in [0.25, 0.3) is 6.43 Å². The molecule has 3 aromatic rings. The second kappa shape index (κ2) is 8.45. The van der Waals surface area contributed by atoms with E-state index in [2.05, 4.69) is 19.9 Å². The summed E-state index contributed by atoms with van der Waals surface area (Å²) in [4.78, 5) is 6.40. The van der Waals surface area contributed by atoms with Crippen LogP contribution in [0.3, 0.4) is 0 Å². The van der Waals surface area contributed by atoms with Crippen molar-refractivity contribution < 1.29 is 27.0 Å². The number of aliphatic hydroxyl groups is 1. The highest BCUT2D eigenvalue weighted by Crippen LogP contribution is 2.38. The van der Waals surface area contributed by atoms with Gasteiger partial charge in [-0.25, -0.2) is 26.9 Å². The van der Waals surface area contributed by atoms with Gasteiger partial charge in [0.2, 0.25) is 10.0 Å². The number of halogens is 2. The smallest absolute Gasteiger partial charge is 0.291 e. The first-order chi connectivity index (χ1) is 16.1. The number of rotatable bonds is 7. The Labute approximate surface area is 198 Å². The minimum atomic E-state index is -3.88. The van der Waals surface area contributed by atoms with Gasteiger partial charge in [0.15, 0.2) is 15.7 Å². The van der Waals surface area contributed by atoms with Crippen LogP contribution < -0.4 is 9.62 Å². The van der Waals surface area contributed by atoms with Crippen molar-refractivity contribution in [3.63, 3.8) is 0 Å². The van der Waals surface area contributed by atoms with Gasteiger partial charge in [-0.05, 0) is 32.8 Å². The minimum Gasteiger partial charge on any atom is -0.394 e. The first-order valence-corrected chi connectivity index (χ1v) is 13.1. The highest BCUT2D eigenvalue weighted by Gasteiger charge is 2.41. The molecular weight excluding hydrogens is 490 g/mol. The van der Waals surface area contributed by atoms with E-state index >= 15 is 0 Å². The Hall–Kier alpha value is -2.26. The van der Waals surface area contributed by atoms with Gasteiger partial charge < -0.3 is 14.7 Å². The molecule has 14 heteroatoms. The molecule has 1 saturated heterocycles. The van der Waals surface area contributed by atoms with Crippen LogP contribution in [-0.4, -0.2) is 70.5 Å². The van der Waals surface area contributed by atoms with Crippen molar-refractivity contribution >= 4 is 32.7 Å². The molecular formula is C20H24F2N6O4S2. The van der Waals surface area contributed by atoms with Crippen molar-refractivity contribution in [3.8, 4) is 10.7 Å². The molecule has 0 aromatic carbocycles. The molecule has 0 radical (unpaired) electrons. The lowest BCUT2D eigenvalue weighted by molar-refractivity contribution is -0.0420. The molecule has 5 rings (SSSR count). The fourth-order valence-electron chi connectivity index (χ4n) is 4.02. The summed E-state index contributed by atoms with van der Waals surface area (Å²) in [6, 6.07) is 1.55. The molecule has 2 fully saturated rings. The van der Waals surface area contributed by atoms with Crippen molar-refractivity contribution in [2.75, 3.05) is 24.6 Å². The van der Waals surface area contributed by atoms with E-state index in [1.54, 1.807) is 10.5 Å². The van der Waals surface area contributed by atoms with Gasteiger partial charge in [-0.2, -0.15) is 0 Å². The predicted octanol–water partition coefficient (Wildman–Crippen LogP) is 2.21. The minimum absolute atomic E-state index is 0.0145. The normalized spacial score (nSPS) is 22.6. The number of morpholine rings is 1. The summed E-state index contributed by atoms with van der Waals surface area (Å²) < 4.78 is 62.7. The van der Waals surface area contributed by atoms with Gasteiger partial charge in [0, 0.05) is 24.8 Å². The molecule has 1 aliphatic heterocycles. The third-order valence-corrected chi connectivity index (χ3v) is 8.53. The van der Waals surface area contributed by atoms with Gasteiger partial charge in [-0.3, -0.25) is 4.40 Å². The average molecular weight is 515 g/mol. The summed E-state index contributed by atoms with van der Waals surface area (Å²) in [5.41, 5.74) is 0.843. The number of fused-ring (bicyclic) bond motifs is 1. The number of ether oxygens (including phenoxy) is 1. The van der Waals surface area contributed by atoms with Gasteiger partial charge >= 0.3 is 0 Å². The van der Waals surface area contributed by atoms with Crippen LogP contribution in [-0.2, 0) is 14.8 Å². The summed E-state index contributed by atoms with van der Waals surface area (Å²) in [6.45, 7) is 4.32. The summed E-state index contributed by atoms with van der Waals surface area (Å²) in [5.74, 6) is 0. The molecule has 2 atom stereocenters. The largest absolute Gasteiger partial charge is 0.394 e. The number of alkyl halides is 2. The maximum absolute atomic E-state index is 13.3. The quantitative estimate of drug-likeness (QED) is 0.492. The van der Waals surface area contributed by atoms with Gasteiger partial charge in [-0.15, -0.1) is 10.2 Å². The molecule has 3 aromatic heterocycles. The fourth-order valence-corrected chi connectivity index (χ4v) is 6.21. The summed E-state index contributed by atoms with van der Waals surface area (Å²) in [7, 11) is -3.88. The molecule has 1 aliphatic carbocycles. The van der Waals surface area contributed by atoms with Crippen molar-refractivity contribution in [1.29, 1.82) is 0 Å². The van der Waals surface area contributed by atoms with Gasteiger partial charge in [-0.1, -0.05) is 11.3 Å². The number of nitrogens with zero attached hydrogens (tertiary/aromatic N) is 5. The molecule has 0 spiro atoms. The lowest BCUT2D eigenvalue weighted by atomic mass is 10.2. The monoisotopic (exact) mass is 514 g/mol. The van der Waals surface area contributed by atoms with E-state index in [0.717, 1.165) is 24.2 Å². The highest BCUT2D eigenvalue weighted by atomic mass is 32.2. The van der Waals surface area contributed by atoms with E-state index in [4.69, 9.17) is 4.74 Å². The Balaban J connectivity index is 1.66. The lowest BCUT2D eigenvalue weighted by Gasteiger charge is -2.37. The predicted molar refractivity (Wildman–Crippen MR) is 121 cm³/mol. The molecule has 0 amide bonds. The maximum atomic E-state index is 13.3. The number of aliphatic hydroxyl groups excluding tert-OH is 1. The fraction of sp³-hybridized carbons (Fsp3) is 0.550. The first-order valence-electron chi connectivity index (χ1n) is 10.8. The van der Waals surface area contributed by atoms with Crippen LogP contribution in [0.2, 0.25) is 0 Å². The van der Waals surface area contributed by atoms with Crippen molar-refractivity contribution in [2.24, 2.45) is 0 Å².